The zero-order valence-corrected chi connectivity index (χ0v) is 11.8. The number of aryl methyl sites for hydroxylation is 2. The second-order valence-corrected chi connectivity index (χ2v) is 4.99. The standard InChI is InChI=1S/C14H20N4O/c1-9(2)11-6-12(15)10(3)5-13(11)19-7-14-16-8-17-18(14)4/h5-6,8-9H,7,15H2,1-4H3. The molecule has 1 aromatic carbocycles. The molecular formula is C14H20N4O. The molecule has 0 aliphatic rings. The normalized spacial score (nSPS) is 11.0. The zero-order valence-electron chi connectivity index (χ0n) is 11.8. The van der Waals surface area contributed by atoms with Gasteiger partial charge in [-0.3, -0.25) is 4.68 Å². The Hall–Kier alpha value is -2.04. The Morgan fingerprint density at radius 3 is 2.68 bits per heavy atom. The average molecular weight is 260 g/mol. The summed E-state index contributed by atoms with van der Waals surface area (Å²) in [6, 6.07) is 3.98. The summed E-state index contributed by atoms with van der Waals surface area (Å²) in [5, 5.41) is 4.02. The number of nitrogens with two attached hydrogens (primary N) is 1. The van der Waals surface area contributed by atoms with Crippen LogP contribution in [0.1, 0.15) is 36.7 Å². The summed E-state index contributed by atoms with van der Waals surface area (Å²) in [5.41, 5.74) is 8.90. The van der Waals surface area contributed by atoms with Crippen molar-refractivity contribution in [3.8, 4) is 5.75 Å². The van der Waals surface area contributed by atoms with Crippen LogP contribution < -0.4 is 10.5 Å². The minimum atomic E-state index is 0.359. The molecule has 0 saturated carbocycles. The molecular weight excluding hydrogens is 240 g/mol. The number of rotatable bonds is 4. The van der Waals surface area contributed by atoms with Gasteiger partial charge in [0.15, 0.2) is 5.82 Å². The molecule has 0 spiro atoms. The van der Waals surface area contributed by atoms with Crippen LogP contribution in [0.5, 0.6) is 5.75 Å². The van der Waals surface area contributed by atoms with Crippen LogP contribution in [0.3, 0.4) is 0 Å². The lowest BCUT2D eigenvalue weighted by molar-refractivity contribution is 0.285. The Morgan fingerprint density at radius 2 is 2.11 bits per heavy atom. The third-order valence-corrected chi connectivity index (χ3v) is 3.18. The molecule has 2 aromatic rings. The predicted molar refractivity (Wildman–Crippen MR) is 75.0 cm³/mol. The predicted octanol–water partition coefficient (Wildman–Crippen LogP) is 2.41. The number of anilines is 1. The number of hydrogen-bond donors (Lipinski definition) is 1. The van der Waals surface area contributed by atoms with Crippen LogP contribution in [-0.2, 0) is 13.7 Å². The number of benzene rings is 1. The largest absolute Gasteiger partial charge is 0.485 e. The van der Waals surface area contributed by atoms with Gasteiger partial charge in [-0.05, 0) is 36.1 Å². The molecule has 2 rings (SSSR count). The van der Waals surface area contributed by atoms with Crippen molar-refractivity contribution in [2.75, 3.05) is 5.73 Å². The molecule has 5 heteroatoms. The molecule has 0 aliphatic heterocycles. The SMILES string of the molecule is Cc1cc(OCc2ncnn2C)c(C(C)C)cc1N. The van der Waals surface area contributed by atoms with Gasteiger partial charge in [-0.1, -0.05) is 13.8 Å². The highest BCUT2D eigenvalue weighted by molar-refractivity contribution is 5.55. The fraction of sp³-hybridized carbons (Fsp3) is 0.429. The monoisotopic (exact) mass is 260 g/mol. The number of ether oxygens (including phenoxy) is 1. The molecule has 0 saturated heterocycles. The summed E-state index contributed by atoms with van der Waals surface area (Å²) in [6.07, 6.45) is 1.52. The number of nitrogens with zero attached hydrogens (tertiary/aromatic N) is 3. The van der Waals surface area contributed by atoms with Gasteiger partial charge in [-0.25, -0.2) is 4.98 Å². The van der Waals surface area contributed by atoms with Crippen molar-refractivity contribution in [2.45, 2.75) is 33.3 Å². The molecule has 0 aliphatic carbocycles. The number of aromatic nitrogens is 3. The molecule has 0 amide bonds. The van der Waals surface area contributed by atoms with Gasteiger partial charge in [0.2, 0.25) is 0 Å². The smallest absolute Gasteiger partial charge is 0.164 e. The molecule has 0 unspecified atom stereocenters. The van der Waals surface area contributed by atoms with Gasteiger partial charge in [0.05, 0.1) is 0 Å². The molecule has 0 fully saturated rings. The minimum absolute atomic E-state index is 0.359. The maximum atomic E-state index is 5.96. The Kier molecular flexibility index (Phi) is 3.74. The van der Waals surface area contributed by atoms with E-state index in [1.54, 1.807) is 4.68 Å². The van der Waals surface area contributed by atoms with E-state index >= 15 is 0 Å². The van der Waals surface area contributed by atoms with E-state index in [9.17, 15) is 0 Å². The molecule has 1 heterocycles. The van der Waals surface area contributed by atoms with Crippen LogP contribution >= 0.6 is 0 Å². The molecule has 5 nitrogen and oxygen atoms in total. The van der Waals surface area contributed by atoms with Gasteiger partial charge in [0.25, 0.3) is 0 Å². The fourth-order valence-corrected chi connectivity index (χ4v) is 1.89. The summed E-state index contributed by atoms with van der Waals surface area (Å²) in [7, 11) is 1.85. The molecule has 19 heavy (non-hydrogen) atoms. The first kappa shape index (κ1) is 13.4. The summed E-state index contributed by atoms with van der Waals surface area (Å²) in [5.74, 6) is 2.02. The topological polar surface area (TPSA) is 66.0 Å². The second-order valence-electron chi connectivity index (χ2n) is 4.99. The van der Waals surface area contributed by atoms with Crippen molar-refractivity contribution in [2.24, 2.45) is 7.05 Å². The fourth-order valence-electron chi connectivity index (χ4n) is 1.89. The van der Waals surface area contributed by atoms with E-state index in [-0.39, 0.29) is 0 Å². The molecule has 0 radical (unpaired) electrons. The van der Waals surface area contributed by atoms with Gasteiger partial charge < -0.3 is 10.5 Å². The van der Waals surface area contributed by atoms with Gasteiger partial charge >= 0.3 is 0 Å². The summed E-state index contributed by atoms with van der Waals surface area (Å²) in [6.45, 7) is 6.63. The average Bonchev–Trinajstić information content (AvgIpc) is 2.75. The Balaban J connectivity index is 2.24. The summed E-state index contributed by atoms with van der Waals surface area (Å²) in [4.78, 5) is 4.15. The highest BCUT2D eigenvalue weighted by atomic mass is 16.5. The van der Waals surface area contributed by atoms with E-state index in [4.69, 9.17) is 10.5 Å². The summed E-state index contributed by atoms with van der Waals surface area (Å²) < 4.78 is 7.59. The third kappa shape index (κ3) is 2.86. The first-order valence-corrected chi connectivity index (χ1v) is 6.34. The minimum Gasteiger partial charge on any atom is -0.485 e. The van der Waals surface area contributed by atoms with E-state index in [1.807, 2.05) is 26.1 Å². The van der Waals surface area contributed by atoms with Gasteiger partial charge in [-0.2, -0.15) is 5.10 Å². The molecule has 2 N–H and O–H groups in total. The van der Waals surface area contributed by atoms with Crippen LogP contribution in [0.4, 0.5) is 5.69 Å². The Labute approximate surface area is 113 Å². The maximum absolute atomic E-state index is 5.96. The second kappa shape index (κ2) is 5.30. The van der Waals surface area contributed by atoms with Crippen LogP contribution in [0.2, 0.25) is 0 Å². The van der Waals surface area contributed by atoms with Crippen LogP contribution in [0.25, 0.3) is 0 Å². The van der Waals surface area contributed by atoms with Gasteiger partial charge in [-0.15, -0.1) is 0 Å². The van der Waals surface area contributed by atoms with Crippen molar-refractivity contribution in [1.29, 1.82) is 0 Å². The molecule has 1 aromatic heterocycles. The van der Waals surface area contributed by atoms with Crippen molar-refractivity contribution in [3.05, 3.63) is 35.4 Å². The lowest BCUT2D eigenvalue weighted by Crippen LogP contribution is -2.07. The van der Waals surface area contributed by atoms with E-state index in [0.717, 1.165) is 28.4 Å². The van der Waals surface area contributed by atoms with Gasteiger partial charge in [0.1, 0.15) is 18.7 Å². The highest BCUT2D eigenvalue weighted by Crippen LogP contribution is 2.31. The van der Waals surface area contributed by atoms with Crippen LogP contribution in [0.15, 0.2) is 18.5 Å². The van der Waals surface area contributed by atoms with E-state index in [0.29, 0.717) is 12.5 Å². The molecule has 0 bridgehead atoms. The third-order valence-electron chi connectivity index (χ3n) is 3.18. The maximum Gasteiger partial charge on any atom is 0.164 e. The number of nitrogen functional groups attached to an aromatic ring is 1. The Morgan fingerprint density at radius 1 is 1.37 bits per heavy atom. The number of hydrogen-bond acceptors (Lipinski definition) is 4. The quantitative estimate of drug-likeness (QED) is 0.857. The van der Waals surface area contributed by atoms with E-state index < -0.39 is 0 Å². The Bertz CT molecular complexity index is 575. The highest BCUT2D eigenvalue weighted by Gasteiger charge is 2.11. The first-order valence-electron chi connectivity index (χ1n) is 6.34. The lowest BCUT2D eigenvalue weighted by Gasteiger charge is -2.16. The van der Waals surface area contributed by atoms with Crippen molar-refractivity contribution < 1.29 is 4.74 Å². The lowest BCUT2D eigenvalue weighted by atomic mass is 9.99. The molecule has 0 atom stereocenters. The summed E-state index contributed by atoms with van der Waals surface area (Å²) >= 11 is 0. The van der Waals surface area contributed by atoms with Crippen LogP contribution in [0, 0.1) is 6.92 Å². The van der Waals surface area contributed by atoms with E-state index in [1.165, 1.54) is 6.33 Å². The van der Waals surface area contributed by atoms with Crippen molar-refractivity contribution in [1.82, 2.24) is 14.8 Å². The van der Waals surface area contributed by atoms with Crippen LogP contribution in [-0.4, -0.2) is 14.8 Å². The van der Waals surface area contributed by atoms with Gasteiger partial charge in [0, 0.05) is 12.7 Å². The van der Waals surface area contributed by atoms with Crippen molar-refractivity contribution >= 4 is 5.69 Å². The van der Waals surface area contributed by atoms with E-state index in [2.05, 4.69) is 23.9 Å². The first-order chi connectivity index (χ1) is 8.99. The van der Waals surface area contributed by atoms with Crippen molar-refractivity contribution in [3.63, 3.8) is 0 Å². The zero-order chi connectivity index (χ0) is 14.0. The molecule has 102 valence electrons.